The fourth-order valence-corrected chi connectivity index (χ4v) is 3.35. The molecule has 0 spiro atoms. The zero-order chi connectivity index (χ0) is 20.0. The SMILES string of the molecule is O=C(NS(=O)(=O)C=Cc1ccccc1)N(c1ccccc1)c1ccc(Cl)cc1. The van der Waals surface area contributed by atoms with E-state index in [9.17, 15) is 13.2 Å². The Bertz CT molecular complexity index is 1070. The third-order valence-corrected chi connectivity index (χ3v) is 4.98. The van der Waals surface area contributed by atoms with Crippen molar-refractivity contribution in [1.82, 2.24) is 4.72 Å². The standard InChI is InChI=1S/C21H17ClN2O3S/c22-18-11-13-20(14-12-18)24(19-9-5-2-6-10-19)21(25)23-28(26,27)16-15-17-7-3-1-4-8-17/h1-16H,(H,23,25). The van der Waals surface area contributed by atoms with Crippen LogP contribution < -0.4 is 9.62 Å². The monoisotopic (exact) mass is 412 g/mol. The first-order chi connectivity index (χ1) is 13.4. The van der Waals surface area contributed by atoms with E-state index in [4.69, 9.17) is 11.6 Å². The number of carbonyl (C=O) groups excluding carboxylic acids is 1. The van der Waals surface area contributed by atoms with Gasteiger partial charge in [-0.05, 0) is 48.0 Å². The van der Waals surface area contributed by atoms with Gasteiger partial charge in [-0.3, -0.25) is 4.90 Å². The molecular formula is C21H17ClN2O3S. The van der Waals surface area contributed by atoms with Crippen LogP contribution in [0.4, 0.5) is 16.2 Å². The number of hydrogen-bond donors (Lipinski definition) is 1. The number of nitrogens with zero attached hydrogens (tertiary/aromatic N) is 1. The van der Waals surface area contributed by atoms with Gasteiger partial charge in [0.05, 0.1) is 16.8 Å². The van der Waals surface area contributed by atoms with Crippen LogP contribution >= 0.6 is 11.6 Å². The molecule has 0 aliphatic rings. The predicted octanol–water partition coefficient (Wildman–Crippen LogP) is 5.19. The first-order valence-corrected chi connectivity index (χ1v) is 10.3. The number of sulfonamides is 1. The minimum atomic E-state index is -4.00. The smallest absolute Gasteiger partial charge is 0.262 e. The number of anilines is 2. The van der Waals surface area contributed by atoms with Gasteiger partial charge in [-0.2, -0.15) is 0 Å². The summed E-state index contributed by atoms with van der Waals surface area (Å²) in [5.74, 6) is 0. The molecule has 3 aromatic carbocycles. The molecular weight excluding hydrogens is 396 g/mol. The Balaban J connectivity index is 1.87. The molecule has 0 aromatic heterocycles. The van der Waals surface area contributed by atoms with Crippen molar-refractivity contribution in [2.24, 2.45) is 0 Å². The summed E-state index contributed by atoms with van der Waals surface area (Å²) in [5.41, 5.74) is 1.71. The van der Waals surface area contributed by atoms with Crippen molar-refractivity contribution in [2.75, 3.05) is 4.90 Å². The topological polar surface area (TPSA) is 66.5 Å². The molecule has 0 aliphatic carbocycles. The van der Waals surface area contributed by atoms with E-state index in [1.807, 2.05) is 6.07 Å². The highest BCUT2D eigenvalue weighted by molar-refractivity contribution is 7.93. The molecule has 0 saturated heterocycles. The van der Waals surface area contributed by atoms with Crippen LogP contribution in [0.1, 0.15) is 5.56 Å². The molecule has 3 rings (SSSR count). The zero-order valence-electron chi connectivity index (χ0n) is 14.7. The van der Waals surface area contributed by atoms with Crippen LogP contribution in [0.2, 0.25) is 5.02 Å². The molecule has 0 aliphatic heterocycles. The molecule has 0 unspecified atom stereocenters. The van der Waals surface area contributed by atoms with Crippen LogP contribution in [0.3, 0.4) is 0 Å². The van der Waals surface area contributed by atoms with Gasteiger partial charge in [0, 0.05) is 5.02 Å². The number of urea groups is 1. The lowest BCUT2D eigenvalue weighted by Gasteiger charge is -2.23. The van der Waals surface area contributed by atoms with E-state index in [1.54, 1.807) is 78.9 Å². The van der Waals surface area contributed by atoms with Gasteiger partial charge in [0.2, 0.25) is 0 Å². The van der Waals surface area contributed by atoms with Crippen LogP contribution in [-0.4, -0.2) is 14.4 Å². The molecule has 3 aromatic rings. The summed E-state index contributed by atoms with van der Waals surface area (Å²) < 4.78 is 26.8. The Morgan fingerprint density at radius 2 is 1.36 bits per heavy atom. The summed E-state index contributed by atoms with van der Waals surface area (Å²) >= 11 is 5.92. The van der Waals surface area contributed by atoms with E-state index in [-0.39, 0.29) is 0 Å². The van der Waals surface area contributed by atoms with E-state index >= 15 is 0 Å². The zero-order valence-corrected chi connectivity index (χ0v) is 16.3. The number of nitrogens with one attached hydrogen (secondary N) is 1. The average molecular weight is 413 g/mol. The molecule has 28 heavy (non-hydrogen) atoms. The number of halogens is 1. The Labute approximate surface area is 168 Å². The Morgan fingerprint density at radius 3 is 1.96 bits per heavy atom. The van der Waals surface area contributed by atoms with Crippen molar-refractivity contribution in [3.63, 3.8) is 0 Å². The number of rotatable bonds is 5. The molecule has 0 fully saturated rings. The molecule has 0 heterocycles. The summed E-state index contributed by atoms with van der Waals surface area (Å²) in [6.45, 7) is 0. The van der Waals surface area contributed by atoms with Gasteiger partial charge in [0.25, 0.3) is 10.0 Å². The second-order valence-electron chi connectivity index (χ2n) is 5.81. The van der Waals surface area contributed by atoms with E-state index < -0.39 is 16.1 Å². The molecule has 5 nitrogen and oxygen atoms in total. The molecule has 0 bridgehead atoms. The van der Waals surface area contributed by atoms with Crippen LogP contribution in [0.15, 0.2) is 90.3 Å². The molecule has 0 radical (unpaired) electrons. The van der Waals surface area contributed by atoms with Gasteiger partial charge >= 0.3 is 6.03 Å². The Hall–Kier alpha value is -3.09. The first-order valence-electron chi connectivity index (χ1n) is 8.35. The third kappa shape index (κ3) is 5.22. The van der Waals surface area contributed by atoms with Gasteiger partial charge in [0.1, 0.15) is 0 Å². The first kappa shape index (κ1) is 19.7. The maximum absolute atomic E-state index is 12.8. The molecule has 2 amide bonds. The second-order valence-corrected chi connectivity index (χ2v) is 7.82. The maximum atomic E-state index is 12.8. The molecule has 0 saturated carbocycles. The quantitative estimate of drug-likeness (QED) is 0.627. The highest BCUT2D eigenvalue weighted by atomic mass is 35.5. The number of amides is 2. The fraction of sp³-hybridized carbons (Fsp3) is 0. The van der Waals surface area contributed by atoms with Crippen molar-refractivity contribution >= 4 is 45.1 Å². The highest BCUT2D eigenvalue weighted by Gasteiger charge is 2.21. The number of benzene rings is 3. The summed E-state index contributed by atoms with van der Waals surface area (Å²) in [6.07, 6.45) is 1.42. The van der Waals surface area contributed by atoms with Gasteiger partial charge in [-0.25, -0.2) is 17.9 Å². The normalized spacial score (nSPS) is 11.3. The summed E-state index contributed by atoms with van der Waals surface area (Å²) in [5, 5.41) is 1.47. The molecule has 142 valence electrons. The maximum Gasteiger partial charge on any atom is 0.340 e. The lowest BCUT2D eigenvalue weighted by Crippen LogP contribution is -2.39. The van der Waals surface area contributed by atoms with Gasteiger partial charge in [0.15, 0.2) is 0 Å². The lowest BCUT2D eigenvalue weighted by atomic mass is 10.2. The van der Waals surface area contributed by atoms with Crippen LogP contribution in [0.5, 0.6) is 0 Å². The van der Waals surface area contributed by atoms with Crippen molar-refractivity contribution in [3.8, 4) is 0 Å². The summed E-state index contributed by atoms with van der Waals surface area (Å²) in [4.78, 5) is 14.1. The lowest BCUT2D eigenvalue weighted by molar-refractivity contribution is 0.253. The van der Waals surface area contributed by atoms with Crippen molar-refractivity contribution in [1.29, 1.82) is 0 Å². The summed E-state index contributed by atoms with van der Waals surface area (Å²) in [6, 6.07) is 23.4. The largest absolute Gasteiger partial charge is 0.340 e. The molecule has 0 atom stereocenters. The number of hydrogen-bond acceptors (Lipinski definition) is 3. The van der Waals surface area contributed by atoms with Gasteiger partial charge in [-0.1, -0.05) is 60.1 Å². The summed E-state index contributed by atoms with van der Waals surface area (Å²) in [7, 11) is -4.00. The van der Waals surface area contributed by atoms with Gasteiger partial charge in [-0.15, -0.1) is 0 Å². The predicted molar refractivity (Wildman–Crippen MR) is 113 cm³/mol. The van der Waals surface area contributed by atoms with Crippen LogP contribution in [0, 0.1) is 0 Å². The van der Waals surface area contributed by atoms with E-state index in [0.717, 1.165) is 5.41 Å². The number of para-hydroxylation sites is 1. The molecule has 1 N–H and O–H groups in total. The highest BCUT2D eigenvalue weighted by Crippen LogP contribution is 2.26. The van der Waals surface area contributed by atoms with Crippen molar-refractivity contribution in [2.45, 2.75) is 0 Å². The fourth-order valence-electron chi connectivity index (χ4n) is 2.48. The van der Waals surface area contributed by atoms with Crippen molar-refractivity contribution < 1.29 is 13.2 Å². The average Bonchev–Trinajstić information content (AvgIpc) is 2.69. The van der Waals surface area contributed by atoms with Crippen molar-refractivity contribution in [3.05, 3.63) is 101 Å². The third-order valence-electron chi connectivity index (χ3n) is 3.77. The Morgan fingerprint density at radius 1 is 0.821 bits per heavy atom. The second kappa shape index (κ2) is 8.73. The van der Waals surface area contributed by atoms with E-state index in [0.29, 0.717) is 22.0 Å². The van der Waals surface area contributed by atoms with E-state index in [2.05, 4.69) is 4.72 Å². The van der Waals surface area contributed by atoms with Crippen LogP contribution in [0.25, 0.3) is 6.08 Å². The minimum absolute atomic E-state index is 0.482. The van der Waals surface area contributed by atoms with E-state index in [1.165, 1.54) is 11.0 Å². The van der Waals surface area contributed by atoms with Gasteiger partial charge < -0.3 is 0 Å². The Kier molecular flexibility index (Phi) is 6.13. The van der Waals surface area contributed by atoms with Crippen LogP contribution in [-0.2, 0) is 10.0 Å². The molecule has 7 heteroatoms. The minimum Gasteiger partial charge on any atom is -0.262 e. The number of carbonyl (C=O) groups is 1.